The number of esters is 1. The lowest BCUT2D eigenvalue weighted by Gasteiger charge is -2.31. The van der Waals surface area contributed by atoms with E-state index in [1.807, 2.05) is 0 Å². The average Bonchev–Trinajstić information content (AvgIpc) is 2.91. The quantitative estimate of drug-likeness (QED) is 0.0724. The van der Waals surface area contributed by atoms with Crippen molar-refractivity contribution < 1.29 is 28.7 Å². The largest absolute Gasteiger partial charge is 0.496 e. The summed E-state index contributed by atoms with van der Waals surface area (Å²) in [6, 6.07) is 9.39. The normalized spacial score (nSPS) is 13.8. The summed E-state index contributed by atoms with van der Waals surface area (Å²) in [5.74, 6) is -0.789. The van der Waals surface area contributed by atoms with Gasteiger partial charge in [0.1, 0.15) is 5.75 Å². The maximum atomic E-state index is 13.5. The molecule has 2 aromatic carbocycles. The number of rotatable bonds is 10. The number of hydrogen-bond acceptors (Lipinski definition) is 9. The molecule has 0 saturated carbocycles. The number of nitro benzene ring substituents is 1. The number of H-pyrrole nitrogens is 1. The number of aromatic amines is 1. The van der Waals surface area contributed by atoms with Crippen molar-refractivity contribution in [2.45, 2.75) is 57.8 Å². The lowest BCUT2D eigenvalue weighted by molar-refractivity contribution is -0.763. The van der Waals surface area contributed by atoms with Crippen LogP contribution in [0.15, 0.2) is 46.3 Å². The van der Waals surface area contributed by atoms with Crippen LogP contribution in [0.5, 0.6) is 11.5 Å². The zero-order valence-electron chi connectivity index (χ0n) is 22.6. The summed E-state index contributed by atoms with van der Waals surface area (Å²) in [6.07, 6.45) is 2.94. The molecule has 1 aromatic heterocycles. The fourth-order valence-electron chi connectivity index (χ4n) is 4.67. The molecule has 1 amide bonds. The van der Waals surface area contributed by atoms with E-state index < -0.39 is 34.2 Å². The van der Waals surface area contributed by atoms with E-state index in [0.717, 1.165) is 38.7 Å². The second-order valence-corrected chi connectivity index (χ2v) is 10.2. The van der Waals surface area contributed by atoms with Crippen LogP contribution in [0.2, 0.25) is 0 Å². The number of aromatic nitrogens is 3. The first-order chi connectivity index (χ1) is 19.2. The van der Waals surface area contributed by atoms with E-state index in [0.29, 0.717) is 22.2 Å². The van der Waals surface area contributed by atoms with Crippen molar-refractivity contribution in [3.05, 3.63) is 62.4 Å². The van der Waals surface area contributed by atoms with Crippen molar-refractivity contribution in [1.82, 2.24) is 10.1 Å². The number of hydrogen-bond donors (Lipinski definition) is 1. The molecule has 3 aromatic rings. The van der Waals surface area contributed by atoms with Gasteiger partial charge in [0.05, 0.1) is 34.9 Å². The number of fused-ring (bicyclic) bond motifs is 3. The van der Waals surface area contributed by atoms with Gasteiger partial charge in [0.25, 0.3) is 6.17 Å². The predicted molar refractivity (Wildman–Crippen MR) is 148 cm³/mol. The van der Waals surface area contributed by atoms with Crippen LogP contribution in [-0.2, 0) is 9.59 Å². The van der Waals surface area contributed by atoms with E-state index in [9.17, 15) is 24.5 Å². The van der Waals surface area contributed by atoms with Crippen molar-refractivity contribution in [3.8, 4) is 22.8 Å². The standard InChI is InChI=1S/C27H29N5O7S/c1-5-6-7-10-13-40-27-28-25(35)23-19-11-8-9-12-21(19)30(16(2)33)26(31(23)29-27)20-14-18(38-4)15-22(32(36)37)24(20)39-17(3)34/h8-9,11-12,14-15,26H,5-7,10,13H2,1-4H3/p+1/t26-/m1/s1. The van der Waals surface area contributed by atoms with Gasteiger partial charge in [-0.05, 0) is 29.3 Å². The fourth-order valence-corrected chi connectivity index (χ4v) is 5.52. The highest BCUT2D eigenvalue weighted by atomic mass is 32.2. The summed E-state index contributed by atoms with van der Waals surface area (Å²) in [5, 5.41) is 17.1. The second-order valence-electron chi connectivity index (χ2n) is 9.16. The van der Waals surface area contributed by atoms with Gasteiger partial charge in [-0.3, -0.25) is 29.5 Å². The summed E-state index contributed by atoms with van der Waals surface area (Å²) >= 11 is 1.37. The number of nitrogens with zero attached hydrogens (tertiary/aromatic N) is 4. The summed E-state index contributed by atoms with van der Waals surface area (Å²) in [4.78, 5) is 54.4. The number of methoxy groups -OCH3 is 1. The maximum absolute atomic E-state index is 13.5. The molecule has 1 aliphatic rings. The lowest BCUT2D eigenvalue weighted by Crippen LogP contribution is -2.60. The molecular formula is C27H30N5O7S+. The van der Waals surface area contributed by atoms with Gasteiger partial charge >= 0.3 is 22.9 Å². The van der Waals surface area contributed by atoms with E-state index in [1.54, 1.807) is 24.3 Å². The second kappa shape index (κ2) is 12.3. The first-order valence-electron chi connectivity index (χ1n) is 12.8. The Hall–Kier alpha value is -4.26. The number of thioether (sulfide) groups is 1. The minimum absolute atomic E-state index is 0.0502. The van der Waals surface area contributed by atoms with Crippen LogP contribution < -0.4 is 24.6 Å². The molecule has 0 aliphatic carbocycles. The molecule has 2 heterocycles. The fraction of sp³-hybridized carbons (Fsp3) is 0.370. The third-order valence-corrected chi connectivity index (χ3v) is 7.31. The van der Waals surface area contributed by atoms with Crippen LogP contribution in [0, 0.1) is 10.1 Å². The van der Waals surface area contributed by atoms with Crippen LogP contribution in [0.1, 0.15) is 58.2 Å². The Morgan fingerprint density at radius 3 is 2.60 bits per heavy atom. The predicted octanol–water partition coefficient (Wildman–Crippen LogP) is 4.15. The molecule has 4 rings (SSSR count). The Kier molecular flexibility index (Phi) is 8.83. The highest BCUT2D eigenvalue weighted by Gasteiger charge is 2.48. The monoisotopic (exact) mass is 568 g/mol. The van der Waals surface area contributed by atoms with Crippen molar-refractivity contribution in [1.29, 1.82) is 0 Å². The number of unbranched alkanes of at least 4 members (excludes halogenated alkanes) is 3. The highest BCUT2D eigenvalue weighted by Crippen LogP contribution is 2.44. The first kappa shape index (κ1) is 28.7. The molecule has 0 saturated heterocycles. The number of anilines is 1. The summed E-state index contributed by atoms with van der Waals surface area (Å²) in [6.45, 7) is 4.58. The summed E-state index contributed by atoms with van der Waals surface area (Å²) in [7, 11) is 1.34. The van der Waals surface area contributed by atoms with E-state index in [-0.39, 0.29) is 22.8 Å². The molecule has 0 radical (unpaired) electrons. The Balaban J connectivity index is 2.02. The van der Waals surface area contributed by atoms with Gasteiger partial charge in [-0.15, -0.1) is 0 Å². The number of amides is 1. The van der Waals surface area contributed by atoms with Gasteiger partial charge in [-0.2, -0.15) is 0 Å². The van der Waals surface area contributed by atoms with E-state index in [1.165, 1.54) is 41.4 Å². The van der Waals surface area contributed by atoms with Crippen molar-refractivity contribution in [2.24, 2.45) is 0 Å². The molecular weight excluding hydrogens is 538 g/mol. The van der Waals surface area contributed by atoms with Crippen LogP contribution in [0.4, 0.5) is 11.4 Å². The van der Waals surface area contributed by atoms with Gasteiger partial charge in [-0.25, -0.2) is 4.90 Å². The Labute approximate surface area is 234 Å². The van der Waals surface area contributed by atoms with Crippen LogP contribution in [-0.4, -0.2) is 39.7 Å². The highest BCUT2D eigenvalue weighted by molar-refractivity contribution is 7.99. The molecule has 0 fully saturated rings. The Morgan fingerprint density at radius 1 is 1.20 bits per heavy atom. The summed E-state index contributed by atoms with van der Waals surface area (Å²) in [5.41, 5.74) is 0.0598. The van der Waals surface area contributed by atoms with Gasteiger partial charge in [0.15, 0.2) is 0 Å². The molecule has 1 N–H and O–H groups in total. The van der Waals surface area contributed by atoms with Gasteiger partial charge in [-0.1, -0.05) is 50.1 Å². The number of carbonyl (C=O) groups excluding carboxylic acids is 2. The van der Waals surface area contributed by atoms with Gasteiger partial charge < -0.3 is 9.47 Å². The topological polar surface area (TPSA) is 149 Å². The first-order valence-corrected chi connectivity index (χ1v) is 13.8. The minimum Gasteiger partial charge on any atom is -0.496 e. The van der Waals surface area contributed by atoms with Crippen molar-refractivity contribution in [2.75, 3.05) is 17.8 Å². The number of carbonyl (C=O) groups is 2. The van der Waals surface area contributed by atoms with E-state index >= 15 is 0 Å². The molecule has 1 atom stereocenters. The molecule has 0 spiro atoms. The number of para-hydroxylation sites is 1. The van der Waals surface area contributed by atoms with Crippen LogP contribution >= 0.6 is 11.8 Å². The summed E-state index contributed by atoms with van der Waals surface area (Å²) < 4.78 is 12.1. The number of ether oxygens (including phenoxy) is 2. The molecule has 1 aliphatic heterocycles. The lowest BCUT2D eigenvalue weighted by atomic mass is 10.00. The number of nitro groups is 1. The SMILES string of the molecule is CCCCCCSc1n[n+]2c(c(=O)[nH]1)-c1ccccc1N(C(C)=O)[C@H]2c1cc(OC)cc([N+](=O)[O-])c1OC(C)=O. The maximum Gasteiger partial charge on any atom is 0.325 e. The van der Waals surface area contributed by atoms with Crippen LogP contribution in [0.3, 0.4) is 0 Å². The third-order valence-electron chi connectivity index (χ3n) is 6.36. The van der Waals surface area contributed by atoms with Crippen molar-refractivity contribution in [3.63, 3.8) is 0 Å². The molecule has 40 heavy (non-hydrogen) atoms. The molecule has 0 bridgehead atoms. The van der Waals surface area contributed by atoms with Gasteiger partial charge in [0.2, 0.25) is 16.8 Å². The Morgan fingerprint density at radius 2 is 1.95 bits per heavy atom. The molecule has 12 nitrogen and oxygen atoms in total. The zero-order chi connectivity index (χ0) is 29.0. The average molecular weight is 569 g/mol. The van der Waals surface area contributed by atoms with Crippen LogP contribution in [0.25, 0.3) is 11.3 Å². The molecule has 210 valence electrons. The number of benzene rings is 2. The smallest absolute Gasteiger partial charge is 0.325 e. The van der Waals surface area contributed by atoms with E-state index in [2.05, 4.69) is 11.9 Å². The molecule has 0 unspecified atom stereocenters. The number of nitrogens with one attached hydrogen (secondary N) is 1. The zero-order valence-corrected chi connectivity index (χ0v) is 23.4. The third kappa shape index (κ3) is 5.69. The van der Waals surface area contributed by atoms with Gasteiger partial charge in [0, 0.05) is 24.7 Å². The Bertz CT molecular complexity index is 1520. The van der Waals surface area contributed by atoms with E-state index in [4.69, 9.17) is 14.6 Å². The minimum atomic E-state index is -1.22. The molecule has 13 heteroatoms. The van der Waals surface area contributed by atoms with Crippen molar-refractivity contribution >= 4 is 35.0 Å².